The van der Waals surface area contributed by atoms with Crippen molar-refractivity contribution in [2.24, 2.45) is 11.1 Å². The third kappa shape index (κ3) is 2.08. The molecular weight excluding hydrogens is 220 g/mol. The summed E-state index contributed by atoms with van der Waals surface area (Å²) < 4.78 is 0. The Morgan fingerprint density at radius 3 is 2.25 bits per heavy atom. The number of amides is 1. The van der Waals surface area contributed by atoms with Crippen molar-refractivity contribution in [2.45, 2.75) is 57.4 Å². The molecule has 2 saturated carbocycles. The molecule has 0 spiro atoms. The number of carbonyl (C=O) groups is 1. The fraction of sp³-hybridized carbons (Fsp3) is 0.833. The van der Waals surface area contributed by atoms with Gasteiger partial charge in [-0.3, -0.25) is 4.79 Å². The zero-order chi connectivity index (χ0) is 11.6. The molecule has 0 aliphatic heterocycles. The van der Waals surface area contributed by atoms with Gasteiger partial charge in [0, 0.05) is 6.04 Å². The smallest absolute Gasteiger partial charge is 0.233 e. The molecule has 0 radical (unpaired) electrons. The molecule has 2 rings (SSSR count). The van der Waals surface area contributed by atoms with E-state index in [0.29, 0.717) is 11.0 Å². The quantitative estimate of drug-likeness (QED) is 0.741. The summed E-state index contributed by atoms with van der Waals surface area (Å²) in [6.45, 7) is 0. The maximum Gasteiger partial charge on any atom is 0.233 e. The van der Waals surface area contributed by atoms with Gasteiger partial charge in [-0.1, -0.05) is 31.5 Å². The number of hydrogen-bond donors (Lipinski definition) is 2. The molecule has 3 N–H and O–H groups in total. The highest BCUT2D eigenvalue weighted by molar-refractivity contribution is 7.80. The minimum Gasteiger partial charge on any atom is -0.392 e. The molecule has 2 aliphatic carbocycles. The molecule has 0 aromatic rings. The van der Waals surface area contributed by atoms with E-state index in [1.165, 1.54) is 12.8 Å². The third-order valence-corrected chi connectivity index (χ3v) is 4.44. The Morgan fingerprint density at radius 2 is 1.81 bits per heavy atom. The summed E-state index contributed by atoms with van der Waals surface area (Å²) in [5, 5.41) is 3.10. The largest absolute Gasteiger partial charge is 0.392 e. The molecule has 2 fully saturated rings. The first kappa shape index (κ1) is 11.8. The molecule has 0 heterocycles. The first-order chi connectivity index (χ1) is 7.65. The molecule has 0 atom stereocenters. The number of nitrogens with one attached hydrogen (secondary N) is 1. The maximum atomic E-state index is 12.3. The van der Waals surface area contributed by atoms with Crippen molar-refractivity contribution in [3.8, 4) is 0 Å². The van der Waals surface area contributed by atoms with Crippen LogP contribution in [0.4, 0.5) is 0 Å². The van der Waals surface area contributed by atoms with Crippen LogP contribution in [0.5, 0.6) is 0 Å². The second-order valence-electron chi connectivity index (χ2n) is 5.11. The third-order valence-electron chi connectivity index (χ3n) is 4.05. The normalized spacial score (nSPS) is 24.5. The number of hydrogen-bond acceptors (Lipinski definition) is 2. The van der Waals surface area contributed by atoms with Crippen LogP contribution in [0.15, 0.2) is 0 Å². The molecule has 0 unspecified atom stereocenters. The molecule has 4 heteroatoms. The molecule has 16 heavy (non-hydrogen) atoms. The number of thiocarbonyl (C=S) groups is 1. The van der Waals surface area contributed by atoms with Crippen LogP contribution in [-0.2, 0) is 4.79 Å². The van der Waals surface area contributed by atoms with Crippen LogP contribution < -0.4 is 11.1 Å². The van der Waals surface area contributed by atoms with Gasteiger partial charge in [-0.2, -0.15) is 0 Å². The summed E-state index contributed by atoms with van der Waals surface area (Å²) in [5.74, 6) is 0.0874. The fourth-order valence-corrected chi connectivity index (χ4v) is 2.91. The van der Waals surface area contributed by atoms with Crippen LogP contribution in [0.3, 0.4) is 0 Å². The SMILES string of the molecule is NC(=S)C1(C(=O)NC2CCC2)CCCCC1. The number of rotatable bonds is 3. The first-order valence-electron chi connectivity index (χ1n) is 6.26. The maximum absolute atomic E-state index is 12.3. The topological polar surface area (TPSA) is 55.1 Å². The summed E-state index contributed by atoms with van der Waals surface area (Å²) in [4.78, 5) is 12.7. The van der Waals surface area contributed by atoms with Crippen LogP contribution in [0, 0.1) is 5.41 Å². The van der Waals surface area contributed by atoms with Gasteiger partial charge in [0.25, 0.3) is 0 Å². The minimum atomic E-state index is -0.539. The molecule has 90 valence electrons. The van der Waals surface area contributed by atoms with E-state index in [-0.39, 0.29) is 5.91 Å². The summed E-state index contributed by atoms with van der Waals surface area (Å²) in [7, 11) is 0. The number of nitrogens with two attached hydrogens (primary N) is 1. The molecular formula is C12H20N2OS. The van der Waals surface area contributed by atoms with Crippen LogP contribution in [0.1, 0.15) is 51.4 Å². The van der Waals surface area contributed by atoms with E-state index >= 15 is 0 Å². The van der Waals surface area contributed by atoms with Crippen LogP contribution >= 0.6 is 12.2 Å². The van der Waals surface area contributed by atoms with E-state index in [9.17, 15) is 4.79 Å². The molecule has 0 aromatic heterocycles. The van der Waals surface area contributed by atoms with Gasteiger partial charge in [-0.15, -0.1) is 0 Å². The Bertz CT molecular complexity index is 293. The highest BCUT2D eigenvalue weighted by Crippen LogP contribution is 2.37. The minimum absolute atomic E-state index is 0.0874. The molecule has 0 saturated heterocycles. The van der Waals surface area contributed by atoms with Gasteiger partial charge < -0.3 is 11.1 Å². The van der Waals surface area contributed by atoms with Crippen LogP contribution in [0.2, 0.25) is 0 Å². The van der Waals surface area contributed by atoms with Crippen molar-refractivity contribution in [1.82, 2.24) is 5.32 Å². The Balaban J connectivity index is 2.04. The Kier molecular flexibility index (Phi) is 3.47. The molecule has 0 bridgehead atoms. The van der Waals surface area contributed by atoms with Gasteiger partial charge in [-0.25, -0.2) is 0 Å². The lowest BCUT2D eigenvalue weighted by molar-refractivity contribution is -0.130. The number of carbonyl (C=O) groups excluding carboxylic acids is 1. The fourth-order valence-electron chi connectivity index (χ4n) is 2.62. The van der Waals surface area contributed by atoms with Gasteiger partial charge in [0.05, 0.1) is 10.4 Å². The van der Waals surface area contributed by atoms with E-state index in [1.54, 1.807) is 0 Å². The van der Waals surface area contributed by atoms with Crippen molar-refractivity contribution >= 4 is 23.1 Å². The average Bonchev–Trinajstić information content (AvgIpc) is 2.24. The monoisotopic (exact) mass is 240 g/mol. The second-order valence-corrected chi connectivity index (χ2v) is 5.55. The van der Waals surface area contributed by atoms with E-state index < -0.39 is 5.41 Å². The second kappa shape index (κ2) is 4.70. The van der Waals surface area contributed by atoms with Crippen LogP contribution in [0.25, 0.3) is 0 Å². The Labute approximate surface area is 102 Å². The standard InChI is InChI=1S/C12H20N2OS/c13-10(16)12(7-2-1-3-8-12)11(15)14-9-5-4-6-9/h9H,1-8H2,(H2,13,16)(H,14,15). The summed E-state index contributed by atoms with van der Waals surface area (Å²) in [6, 6.07) is 0.376. The summed E-state index contributed by atoms with van der Waals surface area (Å²) in [5.41, 5.74) is 5.27. The van der Waals surface area contributed by atoms with Gasteiger partial charge in [0.1, 0.15) is 0 Å². The zero-order valence-corrected chi connectivity index (χ0v) is 10.4. The predicted octanol–water partition coefficient (Wildman–Crippen LogP) is 1.89. The lowest BCUT2D eigenvalue weighted by atomic mass is 9.72. The van der Waals surface area contributed by atoms with Gasteiger partial charge >= 0.3 is 0 Å². The highest BCUT2D eigenvalue weighted by Gasteiger charge is 2.43. The van der Waals surface area contributed by atoms with E-state index in [1.807, 2.05) is 0 Å². The Hall–Kier alpha value is -0.640. The molecule has 2 aliphatic rings. The van der Waals surface area contributed by atoms with Crippen molar-refractivity contribution in [2.75, 3.05) is 0 Å². The summed E-state index contributed by atoms with van der Waals surface area (Å²) in [6.07, 6.45) is 8.44. The Morgan fingerprint density at radius 1 is 1.19 bits per heavy atom. The first-order valence-corrected chi connectivity index (χ1v) is 6.67. The van der Waals surface area contributed by atoms with Crippen molar-refractivity contribution in [1.29, 1.82) is 0 Å². The summed E-state index contributed by atoms with van der Waals surface area (Å²) >= 11 is 5.13. The van der Waals surface area contributed by atoms with Crippen LogP contribution in [-0.4, -0.2) is 16.9 Å². The lowest BCUT2D eigenvalue weighted by Crippen LogP contribution is -2.53. The van der Waals surface area contributed by atoms with E-state index in [4.69, 9.17) is 18.0 Å². The molecule has 1 amide bonds. The highest BCUT2D eigenvalue weighted by atomic mass is 32.1. The molecule has 0 aromatic carbocycles. The molecule has 3 nitrogen and oxygen atoms in total. The van der Waals surface area contributed by atoms with E-state index in [2.05, 4.69) is 5.32 Å². The van der Waals surface area contributed by atoms with Crippen molar-refractivity contribution in [3.05, 3.63) is 0 Å². The van der Waals surface area contributed by atoms with E-state index in [0.717, 1.165) is 38.5 Å². The van der Waals surface area contributed by atoms with Gasteiger partial charge in [0.2, 0.25) is 5.91 Å². The predicted molar refractivity (Wildman–Crippen MR) is 68.1 cm³/mol. The zero-order valence-electron chi connectivity index (χ0n) is 9.63. The van der Waals surface area contributed by atoms with Gasteiger partial charge in [-0.05, 0) is 32.1 Å². The average molecular weight is 240 g/mol. The van der Waals surface area contributed by atoms with Crippen molar-refractivity contribution in [3.63, 3.8) is 0 Å². The van der Waals surface area contributed by atoms with Gasteiger partial charge in [0.15, 0.2) is 0 Å². The van der Waals surface area contributed by atoms with Crippen molar-refractivity contribution < 1.29 is 4.79 Å². The lowest BCUT2D eigenvalue weighted by Gasteiger charge is -2.37.